The van der Waals surface area contributed by atoms with Gasteiger partial charge in [0.25, 0.3) is 0 Å². The molecule has 0 spiro atoms. The molecule has 0 fully saturated rings. The smallest absolute Gasteiger partial charge is 0.125 e. The van der Waals surface area contributed by atoms with Crippen LogP contribution in [-0.2, 0) is 6.42 Å². The molecule has 0 saturated carbocycles. The number of pyridine rings is 1. The van der Waals surface area contributed by atoms with Crippen LogP contribution < -0.4 is 11.5 Å². The molecule has 3 heteroatoms. The summed E-state index contributed by atoms with van der Waals surface area (Å²) in [4.78, 5) is 3.91. The Bertz CT molecular complexity index is 232. The lowest BCUT2D eigenvalue weighted by atomic mass is 10.2. The number of rotatable bonds is 1. The van der Waals surface area contributed by atoms with Crippen LogP contribution in [0.5, 0.6) is 0 Å². The Morgan fingerprint density at radius 1 is 1.50 bits per heavy atom. The third-order valence-corrected chi connectivity index (χ3v) is 1.42. The molecular formula is C7H11N3. The van der Waals surface area contributed by atoms with Crippen molar-refractivity contribution in [3.8, 4) is 0 Å². The number of nitrogen functional groups attached to an aromatic ring is 2. The Kier molecular flexibility index (Phi) is 1.76. The standard InChI is InChI=1S/C7H11N3/c1-2-5-4-10-7(9)3-6(5)8/h3-4H,2H2,1H3,(H4,8,9,10). The second-order valence-electron chi connectivity index (χ2n) is 2.16. The lowest BCUT2D eigenvalue weighted by Crippen LogP contribution is -1.97. The first-order valence-corrected chi connectivity index (χ1v) is 3.24. The fourth-order valence-corrected chi connectivity index (χ4v) is 0.812. The maximum atomic E-state index is 5.61. The van der Waals surface area contributed by atoms with Gasteiger partial charge in [0.1, 0.15) is 5.82 Å². The summed E-state index contributed by atoms with van der Waals surface area (Å²) in [5, 5.41) is 0. The SMILES string of the molecule is CCc1cnc(N)cc1N. The summed E-state index contributed by atoms with van der Waals surface area (Å²) < 4.78 is 0. The summed E-state index contributed by atoms with van der Waals surface area (Å²) in [5.41, 5.74) is 12.8. The molecule has 0 aliphatic heterocycles. The minimum atomic E-state index is 0.481. The zero-order chi connectivity index (χ0) is 7.56. The molecule has 0 aliphatic rings. The van der Waals surface area contributed by atoms with Crippen LogP contribution in [0.25, 0.3) is 0 Å². The molecule has 1 heterocycles. The summed E-state index contributed by atoms with van der Waals surface area (Å²) in [6.07, 6.45) is 2.61. The predicted molar refractivity (Wildman–Crippen MR) is 42.4 cm³/mol. The van der Waals surface area contributed by atoms with E-state index in [1.165, 1.54) is 0 Å². The van der Waals surface area contributed by atoms with Gasteiger partial charge in [-0.3, -0.25) is 0 Å². The van der Waals surface area contributed by atoms with E-state index < -0.39 is 0 Å². The lowest BCUT2D eigenvalue weighted by Gasteiger charge is -2.00. The summed E-state index contributed by atoms with van der Waals surface area (Å²) >= 11 is 0. The van der Waals surface area contributed by atoms with Crippen molar-refractivity contribution in [2.24, 2.45) is 0 Å². The number of anilines is 2. The first-order chi connectivity index (χ1) is 4.74. The van der Waals surface area contributed by atoms with Gasteiger partial charge in [0, 0.05) is 18.0 Å². The first kappa shape index (κ1) is 6.86. The highest BCUT2D eigenvalue weighted by molar-refractivity contribution is 5.51. The van der Waals surface area contributed by atoms with Gasteiger partial charge in [-0.2, -0.15) is 0 Å². The van der Waals surface area contributed by atoms with Crippen molar-refractivity contribution in [1.29, 1.82) is 0 Å². The topological polar surface area (TPSA) is 64.9 Å². The van der Waals surface area contributed by atoms with Gasteiger partial charge in [0.15, 0.2) is 0 Å². The number of nitrogens with two attached hydrogens (primary N) is 2. The molecular weight excluding hydrogens is 126 g/mol. The van der Waals surface area contributed by atoms with Crippen molar-refractivity contribution in [1.82, 2.24) is 4.98 Å². The Balaban J connectivity index is 3.07. The van der Waals surface area contributed by atoms with Crippen molar-refractivity contribution in [3.05, 3.63) is 17.8 Å². The quantitative estimate of drug-likeness (QED) is 0.602. The van der Waals surface area contributed by atoms with Crippen LogP contribution >= 0.6 is 0 Å². The number of aromatic nitrogens is 1. The lowest BCUT2D eigenvalue weighted by molar-refractivity contribution is 1.11. The molecule has 0 aromatic carbocycles. The Morgan fingerprint density at radius 3 is 2.70 bits per heavy atom. The average Bonchev–Trinajstić information content (AvgIpc) is 1.88. The number of aryl methyl sites for hydroxylation is 1. The zero-order valence-corrected chi connectivity index (χ0v) is 5.96. The largest absolute Gasteiger partial charge is 0.398 e. The van der Waals surface area contributed by atoms with Gasteiger partial charge in [-0.1, -0.05) is 6.92 Å². The maximum Gasteiger partial charge on any atom is 0.125 e. The van der Waals surface area contributed by atoms with Crippen LogP contribution in [0.3, 0.4) is 0 Å². The van der Waals surface area contributed by atoms with Gasteiger partial charge in [0.2, 0.25) is 0 Å². The van der Waals surface area contributed by atoms with Crippen molar-refractivity contribution in [2.45, 2.75) is 13.3 Å². The van der Waals surface area contributed by atoms with Crippen molar-refractivity contribution < 1.29 is 0 Å². The van der Waals surface area contributed by atoms with Crippen LogP contribution in [0.4, 0.5) is 11.5 Å². The molecule has 0 saturated heterocycles. The second kappa shape index (κ2) is 2.56. The summed E-state index contributed by atoms with van der Waals surface area (Å²) in [6.45, 7) is 2.03. The molecule has 0 amide bonds. The van der Waals surface area contributed by atoms with E-state index in [1.807, 2.05) is 6.92 Å². The molecule has 4 N–H and O–H groups in total. The van der Waals surface area contributed by atoms with Gasteiger partial charge in [-0.05, 0) is 12.0 Å². The Morgan fingerprint density at radius 2 is 2.20 bits per heavy atom. The van der Waals surface area contributed by atoms with E-state index in [0.717, 1.165) is 17.7 Å². The monoisotopic (exact) mass is 137 g/mol. The number of hydrogen-bond acceptors (Lipinski definition) is 3. The fourth-order valence-electron chi connectivity index (χ4n) is 0.812. The number of hydrogen-bond donors (Lipinski definition) is 2. The van der Waals surface area contributed by atoms with E-state index >= 15 is 0 Å². The van der Waals surface area contributed by atoms with E-state index in [4.69, 9.17) is 11.5 Å². The van der Waals surface area contributed by atoms with E-state index in [0.29, 0.717) is 5.82 Å². The maximum absolute atomic E-state index is 5.61. The minimum absolute atomic E-state index is 0.481. The van der Waals surface area contributed by atoms with Crippen LogP contribution in [0.15, 0.2) is 12.3 Å². The molecule has 54 valence electrons. The third-order valence-electron chi connectivity index (χ3n) is 1.42. The molecule has 0 unspecified atom stereocenters. The van der Waals surface area contributed by atoms with Crippen molar-refractivity contribution >= 4 is 11.5 Å². The molecule has 10 heavy (non-hydrogen) atoms. The molecule has 1 aromatic rings. The number of nitrogens with zero attached hydrogens (tertiary/aromatic N) is 1. The van der Waals surface area contributed by atoms with Gasteiger partial charge in [-0.25, -0.2) is 4.98 Å². The molecule has 3 nitrogen and oxygen atoms in total. The van der Waals surface area contributed by atoms with Gasteiger partial charge in [-0.15, -0.1) is 0 Å². The van der Waals surface area contributed by atoms with Crippen LogP contribution in [-0.4, -0.2) is 4.98 Å². The minimum Gasteiger partial charge on any atom is -0.398 e. The van der Waals surface area contributed by atoms with Crippen LogP contribution in [0.2, 0.25) is 0 Å². The van der Waals surface area contributed by atoms with E-state index in [2.05, 4.69) is 4.98 Å². The third kappa shape index (κ3) is 1.18. The predicted octanol–water partition coefficient (Wildman–Crippen LogP) is 0.808. The average molecular weight is 137 g/mol. The van der Waals surface area contributed by atoms with Gasteiger partial charge >= 0.3 is 0 Å². The Labute approximate surface area is 60.1 Å². The fraction of sp³-hybridized carbons (Fsp3) is 0.286. The van der Waals surface area contributed by atoms with Crippen molar-refractivity contribution in [3.63, 3.8) is 0 Å². The zero-order valence-electron chi connectivity index (χ0n) is 5.96. The molecule has 0 atom stereocenters. The highest BCUT2D eigenvalue weighted by Gasteiger charge is 1.95. The highest BCUT2D eigenvalue weighted by Crippen LogP contribution is 2.12. The normalized spacial score (nSPS) is 9.70. The van der Waals surface area contributed by atoms with Crippen LogP contribution in [0, 0.1) is 0 Å². The van der Waals surface area contributed by atoms with Crippen molar-refractivity contribution in [2.75, 3.05) is 11.5 Å². The summed E-state index contributed by atoms with van der Waals surface area (Å²) in [7, 11) is 0. The molecule has 0 bridgehead atoms. The first-order valence-electron chi connectivity index (χ1n) is 3.24. The Hall–Kier alpha value is -1.25. The second-order valence-corrected chi connectivity index (χ2v) is 2.16. The van der Waals surface area contributed by atoms with E-state index in [-0.39, 0.29) is 0 Å². The molecule has 0 aliphatic carbocycles. The summed E-state index contributed by atoms with van der Waals surface area (Å²) in [6, 6.07) is 1.68. The molecule has 1 aromatic heterocycles. The van der Waals surface area contributed by atoms with E-state index in [1.54, 1.807) is 12.3 Å². The van der Waals surface area contributed by atoms with E-state index in [9.17, 15) is 0 Å². The summed E-state index contributed by atoms with van der Waals surface area (Å²) in [5.74, 6) is 0.481. The highest BCUT2D eigenvalue weighted by atomic mass is 14.8. The molecule has 0 radical (unpaired) electrons. The molecule has 1 rings (SSSR count). The van der Waals surface area contributed by atoms with Gasteiger partial charge < -0.3 is 11.5 Å². The van der Waals surface area contributed by atoms with Crippen LogP contribution in [0.1, 0.15) is 12.5 Å². The van der Waals surface area contributed by atoms with Gasteiger partial charge in [0.05, 0.1) is 0 Å².